The number of fused-ring (bicyclic) bond motifs is 2. The Balaban J connectivity index is 1.81. The van der Waals surface area contributed by atoms with Crippen molar-refractivity contribution in [3.8, 4) is 0 Å². The van der Waals surface area contributed by atoms with E-state index in [1.165, 1.54) is 30.6 Å². The van der Waals surface area contributed by atoms with E-state index in [1.807, 2.05) is 10.3 Å². The third-order valence-corrected chi connectivity index (χ3v) is 4.73. The number of hydrogen-bond donors (Lipinski definition) is 0. The van der Waals surface area contributed by atoms with E-state index in [1.54, 1.807) is 0 Å². The molecule has 5 heteroatoms. The Bertz CT molecular complexity index is 406. The molecule has 1 aliphatic heterocycles. The largest absolute Gasteiger partial charge is 0.334 e. The summed E-state index contributed by atoms with van der Waals surface area (Å²) in [6.07, 6.45) is 3.69. The second-order valence-corrected chi connectivity index (χ2v) is 6.41. The smallest absolute Gasteiger partial charge is 0.273 e. The van der Waals surface area contributed by atoms with Gasteiger partial charge in [-0.2, -0.15) is 0 Å². The Kier molecular flexibility index (Phi) is 2.32. The molecule has 80 valence electrons. The van der Waals surface area contributed by atoms with Crippen LogP contribution in [0.5, 0.6) is 0 Å². The monoisotopic (exact) mass is 286 g/mol. The summed E-state index contributed by atoms with van der Waals surface area (Å²) >= 11 is 4.76. The lowest BCUT2D eigenvalue weighted by atomic mass is 10.1. The van der Waals surface area contributed by atoms with Crippen LogP contribution < -0.4 is 0 Å². The van der Waals surface area contributed by atoms with Gasteiger partial charge in [-0.1, -0.05) is 0 Å². The summed E-state index contributed by atoms with van der Waals surface area (Å²) in [4.78, 5) is 18.3. The first-order chi connectivity index (χ1) is 7.24. The maximum absolute atomic E-state index is 12.1. The Labute approximate surface area is 101 Å². The van der Waals surface area contributed by atoms with E-state index >= 15 is 0 Å². The van der Waals surface area contributed by atoms with Crippen LogP contribution in [-0.4, -0.2) is 28.4 Å². The number of aromatic nitrogens is 1. The molecule has 3 nitrogen and oxygen atoms in total. The Hall–Kier alpha value is -0.420. The fourth-order valence-electron chi connectivity index (χ4n) is 2.67. The average molecular weight is 287 g/mol. The highest BCUT2D eigenvalue weighted by molar-refractivity contribution is 9.11. The first-order valence-corrected chi connectivity index (χ1v) is 6.83. The predicted molar refractivity (Wildman–Crippen MR) is 62.0 cm³/mol. The summed E-state index contributed by atoms with van der Waals surface area (Å²) in [7, 11) is 0. The molecule has 1 saturated carbocycles. The van der Waals surface area contributed by atoms with Crippen LogP contribution in [0, 0.1) is 5.92 Å². The molecule has 15 heavy (non-hydrogen) atoms. The molecule has 1 aromatic rings. The maximum Gasteiger partial charge on any atom is 0.273 e. The number of piperidine rings is 1. The Morgan fingerprint density at radius 2 is 2.47 bits per heavy atom. The highest BCUT2D eigenvalue weighted by atomic mass is 79.9. The summed E-state index contributed by atoms with van der Waals surface area (Å²) in [5, 5.41) is 1.83. The van der Waals surface area contributed by atoms with Crippen molar-refractivity contribution in [2.45, 2.75) is 25.3 Å². The fourth-order valence-corrected chi connectivity index (χ4v) is 3.66. The number of likely N-dealkylation sites (tertiary alicyclic amines) is 1. The van der Waals surface area contributed by atoms with Gasteiger partial charge in [-0.3, -0.25) is 4.79 Å². The minimum absolute atomic E-state index is 0.115. The number of hydrogen-bond acceptors (Lipinski definition) is 3. The number of carbonyl (C=O) groups excluding carboxylic acids is 1. The van der Waals surface area contributed by atoms with Gasteiger partial charge < -0.3 is 4.90 Å². The van der Waals surface area contributed by atoms with Gasteiger partial charge in [0, 0.05) is 18.0 Å². The number of amides is 1. The van der Waals surface area contributed by atoms with Gasteiger partial charge in [0.25, 0.3) is 5.91 Å². The van der Waals surface area contributed by atoms with Crippen molar-refractivity contribution >= 4 is 33.2 Å². The molecule has 2 atom stereocenters. The van der Waals surface area contributed by atoms with Crippen molar-refractivity contribution in [3.63, 3.8) is 0 Å². The lowest BCUT2D eigenvalue weighted by Gasteiger charge is -2.26. The highest BCUT2D eigenvalue weighted by Crippen LogP contribution is 2.38. The third kappa shape index (κ3) is 1.61. The van der Waals surface area contributed by atoms with Gasteiger partial charge in [0.2, 0.25) is 0 Å². The molecule has 2 fully saturated rings. The van der Waals surface area contributed by atoms with Crippen molar-refractivity contribution in [1.29, 1.82) is 0 Å². The highest BCUT2D eigenvalue weighted by Gasteiger charge is 2.40. The van der Waals surface area contributed by atoms with Crippen molar-refractivity contribution in [3.05, 3.63) is 15.0 Å². The SMILES string of the molecule is O=C(c1csc(Br)n1)N1CC2CCC1C2. The molecule has 0 N–H and O–H groups in total. The maximum atomic E-state index is 12.1. The molecule has 2 aliphatic rings. The van der Waals surface area contributed by atoms with E-state index in [9.17, 15) is 4.79 Å². The van der Waals surface area contributed by atoms with Gasteiger partial charge in [-0.05, 0) is 41.1 Å². The summed E-state index contributed by atoms with van der Waals surface area (Å²) in [5.74, 6) is 0.866. The van der Waals surface area contributed by atoms with E-state index in [4.69, 9.17) is 0 Å². The van der Waals surface area contributed by atoms with Gasteiger partial charge in [0.15, 0.2) is 3.92 Å². The molecular weight excluding hydrogens is 276 g/mol. The lowest BCUT2D eigenvalue weighted by molar-refractivity contribution is 0.0698. The Morgan fingerprint density at radius 1 is 1.60 bits per heavy atom. The number of halogens is 1. The topological polar surface area (TPSA) is 33.2 Å². The molecule has 2 heterocycles. The van der Waals surface area contributed by atoms with Crippen LogP contribution >= 0.6 is 27.3 Å². The molecule has 2 unspecified atom stereocenters. The molecule has 0 aromatic carbocycles. The molecule has 0 spiro atoms. The van der Waals surface area contributed by atoms with E-state index in [2.05, 4.69) is 20.9 Å². The molecule has 1 saturated heterocycles. The van der Waals surface area contributed by atoms with Crippen molar-refractivity contribution < 1.29 is 4.79 Å². The summed E-state index contributed by atoms with van der Waals surface area (Å²) in [5.41, 5.74) is 0.597. The first kappa shape index (κ1) is 9.78. The minimum atomic E-state index is 0.115. The molecule has 1 aromatic heterocycles. The zero-order valence-electron chi connectivity index (χ0n) is 8.15. The van der Waals surface area contributed by atoms with Crippen molar-refractivity contribution in [2.75, 3.05) is 6.54 Å². The lowest BCUT2D eigenvalue weighted by Crippen LogP contribution is -2.37. The minimum Gasteiger partial charge on any atom is -0.334 e. The van der Waals surface area contributed by atoms with Crippen LogP contribution in [-0.2, 0) is 0 Å². The van der Waals surface area contributed by atoms with Crippen LogP contribution in [0.4, 0.5) is 0 Å². The van der Waals surface area contributed by atoms with E-state index in [0.717, 1.165) is 16.4 Å². The average Bonchev–Trinajstić information content (AvgIpc) is 2.90. The number of nitrogens with zero attached hydrogens (tertiary/aromatic N) is 2. The Morgan fingerprint density at radius 3 is 3.00 bits per heavy atom. The van der Waals surface area contributed by atoms with Gasteiger partial charge in [0.05, 0.1) is 0 Å². The molecule has 3 rings (SSSR count). The molecule has 1 amide bonds. The van der Waals surface area contributed by atoms with E-state index < -0.39 is 0 Å². The van der Waals surface area contributed by atoms with Gasteiger partial charge >= 0.3 is 0 Å². The standard InChI is InChI=1S/C10H11BrN2OS/c11-10-12-8(5-15-10)9(14)13-4-6-1-2-7(13)3-6/h5-7H,1-4H2. The molecule has 1 aliphatic carbocycles. The zero-order chi connectivity index (χ0) is 10.4. The van der Waals surface area contributed by atoms with E-state index in [0.29, 0.717) is 11.7 Å². The number of rotatable bonds is 1. The number of thiazole rings is 1. The summed E-state index contributed by atoms with van der Waals surface area (Å²) in [6.45, 7) is 0.943. The normalized spacial score (nSPS) is 28.7. The van der Waals surface area contributed by atoms with Crippen molar-refractivity contribution in [2.24, 2.45) is 5.92 Å². The van der Waals surface area contributed by atoms with Crippen molar-refractivity contribution in [1.82, 2.24) is 9.88 Å². The van der Waals surface area contributed by atoms with Crippen LogP contribution in [0.25, 0.3) is 0 Å². The van der Waals surface area contributed by atoms with Crippen LogP contribution in [0.1, 0.15) is 29.8 Å². The molecule has 2 bridgehead atoms. The second-order valence-electron chi connectivity index (χ2n) is 4.28. The quantitative estimate of drug-likeness (QED) is 0.795. The second kappa shape index (κ2) is 3.56. The summed E-state index contributed by atoms with van der Waals surface area (Å²) < 4.78 is 0.787. The summed E-state index contributed by atoms with van der Waals surface area (Å²) in [6, 6.07) is 0.489. The fraction of sp³-hybridized carbons (Fsp3) is 0.600. The molecule has 0 radical (unpaired) electrons. The van der Waals surface area contributed by atoms with E-state index in [-0.39, 0.29) is 5.91 Å². The van der Waals surface area contributed by atoms with Crippen LogP contribution in [0.3, 0.4) is 0 Å². The first-order valence-electron chi connectivity index (χ1n) is 5.16. The van der Waals surface area contributed by atoms with Gasteiger partial charge in [0.1, 0.15) is 5.69 Å². The van der Waals surface area contributed by atoms with Crippen LogP contribution in [0.15, 0.2) is 9.30 Å². The number of carbonyl (C=O) groups is 1. The van der Waals surface area contributed by atoms with Crippen LogP contribution in [0.2, 0.25) is 0 Å². The molecular formula is C10H11BrN2OS. The van der Waals surface area contributed by atoms with Gasteiger partial charge in [-0.25, -0.2) is 4.98 Å². The zero-order valence-corrected chi connectivity index (χ0v) is 10.6. The van der Waals surface area contributed by atoms with Gasteiger partial charge in [-0.15, -0.1) is 11.3 Å². The third-order valence-electron chi connectivity index (χ3n) is 3.37. The predicted octanol–water partition coefficient (Wildman–Crippen LogP) is 2.53.